The molecule has 0 bridgehead atoms. The largest absolute Gasteiger partial charge is 0.308 e. The molecule has 2 nitrogen and oxygen atoms in total. The molecule has 0 radical (unpaired) electrons. The quantitative estimate of drug-likeness (QED) is 0.800. The zero-order chi connectivity index (χ0) is 14.5. The van der Waals surface area contributed by atoms with Crippen molar-refractivity contribution in [1.82, 2.24) is 10.2 Å². The molecule has 1 rings (SSSR count). The molecule has 0 atom stereocenters. The molecule has 3 heteroatoms. The zero-order valence-corrected chi connectivity index (χ0v) is 14.0. The Morgan fingerprint density at radius 1 is 1.32 bits per heavy atom. The number of likely N-dealkylation sites (N-methyl/N-ethyl adjacent to an activating group) is 1. The van der Waals surface area contributed by atoms with Crippen molar-refractivity contribution in [2.45, 2.75) is 32.9 Å². The highest BCUT2D eigenvalue weighted by Gasteiger charge is 2.10. The van der Waals surface area contributed by atoms with E-state index in [-0.39, 0.29) is 5.54 Å². The highest BCUT2D eigenvalue weighted by Crippen LogP contribution is 2.17. The van der Waals surface area contributed by atoms with Crippen molar-refractivity contribution in [2.75, 3.05) is 20.1 Å². The van der Waals surface area contributed by atoms with Crippen molar-refractivity contribution in [3.8, 4) is 0 Å². The molecule has 0 aliphatic rings. The number of rotatable bonds is 6. The molecular formula is C16H25BrN2. The van der Waals surface area contributed by atoms with Gasteiger partial charge in [0.2, 0.25) is 0 Å². The summed E-state index contributed by atoms with van der Waals surface area (Å²) in [6.45, 7) is 13.4. The molecule has 0 aromatic heterocycles. The van der Waals surface area contributed by atoms with Gasteiger partial charge < -0.3 is 5.32 Å². The third kappa shape index (κ3) is 6.90. The van der Waals surface area contributed by atoms with E-state index in [0.717, 1.165) is 19.6 Å². The second-order valence-corrected chi connectivity index (χ2v) is 6.97. The van der Waals surface area contributed by atoms with Crippen LogP contribution in [0.5, 0.6) is 0 Å². The molecule has 0 aliphatic heterocycles. The van der Waals surface area contributed by atoms with Crippen LogP contribution in [0.1, 0.15) is 26.3 Å². The minimum Gasteiger partial charge on any atom is -0.308 e. The number of halogens is 1. The lowest BCUT2D eigenvalue weighted by Gasteiger charge is -2.24. The first kappa shape index (κ1) is 16.4. The van der Waals surface area contributed by atoms with Crippen molar-refractivity contribution in [2.24, 2.45) is 0 Å². The summed E-state index contributed by atoms with van der Waals surface area (Å²) in [5, 5.41) is 3.47. The van der Waals surface area contributed by atoms with E-state index < -0.39 is 0 Å². The Kier molecular flexibility index (Phi) is 6.24. The summed E-state index contributed by atoms with van der Waals surface area (Å²) >= 11 is 3.59. The fourth-order valence-electron chi connectivity index (χ4n) is 1.80. The lowest BCUT2D eigenvalue weighted by molar-refractivity contribution is 0.345. The molecular weight excluding hydrogens is 300 g/mol. The van der Waals surface area contributed by atoms with Crippen LogP contribution in [0.15, 0.2) is 40.9 Å². The molecule has 0 saturated heterocycles. The Hall–Kier alpha value is -0.640. The summed E-state index contributed by atoms with van der Waals surface area (Å²) in [6, 6.07) is 8.35. The Morgan fingerprint density at radius 3 is 2.53 bits per heavy atom. The maximum atomic E-state index is 4.15. The van der Waals surface area contributed by atoms with E-state index in [9.17, 15) is 0 Å². The van der Waals surface area contributed by atoms with Crippen LogP contribution in [0, 0.1) is 0 Å². The van der Waals surface area contributed by atoms with Gasteiger partial charge in [-0.2, -0.15) is 0 Å². The van der Waals surface area contributed by atoms with Crippen LogP contribution in [0.25, 0.3) is 0 Å². The molecule has 0 unspecified atom stereocenters. The molecule has 1 aromatic carbocycles. The minimum atomic E-state index is 0.143. The molecule has 106 valence electrons. The first-order valence-electron chi connectivity index (χ1n) is 6.61. The predicted molar refractivity (Wildman–Crippen MR) is 87.4 cm³/mol. The van der Waals surface area contributed by atoms with E-state index in [1.54, 1.807) is 0 Å². The number of nitrogens with one attached hydrogen (secondary N) is 1. The van der Waals surface area contributed by atoms with Crippen molar-refractivity contribution >= 4 is 15.9 Å². The topological polar surface area (TPSA) is 15.3 Å². The SMILES string of the molecule is C=C(CNC(C)(C)C)CN(C)Cc1ccccc1Br. The Labute approximate surface area is 126 Å². The van der Waals surface area contributed by atoms with E-state index in [1.165, 1.54) is 15.6 Å². The van der Waals surface area contributed by atoms with E-state index in [1.807, 2.05) is 6.07 Å². The smallest absolute Gasteiger partial charge is 0.0245 e. The van der Waals surface area contributed by atoms with Gasteiger partial charge in [0.15, 0.2) is 0 Å². The Bertz CT molecular complexity index is 421. The second-order valence-electron chi connectivity index (χ2n) is 6.12. The van der Waals surface area contributed by atoms with Gasteiger partial charge in [0.25, 0.3) is 0 Å². The van der Waals surface area contributed by atoms with Gasteiger partial charge >= 0.3 is 0 Å². The van der Waals surface area contributed by atoms with Gasteiger partial charge in [-0.3, -0.25) is 4.90 Å². The van der Waals surface area contributed by atoms with Crippen molar-refractivity contribution in [3.05, 3.63) is 46.5 Å². The summed E-state index contributed by atoms with van der Waals surface area (Å²) in [7, 11) is 2.13. The van der Waals surface area contributed by atoms with Gasteiger partial charge in [0.05, 0.1) is 0 Å². The summed E-state index contributed by atoms with van der Waals surface area (Å²) in [6.07, 6.45) is 0. The number of benzene rings is 1. The fraction of sp³-hybridized carbons (Fsp3) is 0.500. The molecule has 0 fully saturated rings. The van der Waals surface area contributed by atoms with Crippen LogP contribution in [-0.2, 0) is 6.54 Å². The third-order valence-electron chi connectivity index (χ3n) is 2.76. The summed E-state index contributed by atoms with van der Waals surface area (Å²) < 4.78 is 1.17. The lowest BCUT2D eigenvalue weighted by Crippen LogP contribution is -2.38. The molecule has 0 saturated carbocycles. The van der Waals surface area contributed by atoms with Gasteiger partial charge in [-0.25, -0.2) is 0 Å². The van der Waals surface area contributed by atoms with Gasteiger partial charge in [0.1, 0.15) is 0 Å². The summed E-state index contributed by atoms with van der Waals surface area (Å²) in [5.41, 5.74) is 2.66. The van der Waals surface area contributed by atoms with Gasteiger partial charge in [-0.05, 0) is 45.0 Å². The third-order valence-corrected chi connectivity index (χ3v) is 3.53. The monoisotopic (exact) mass is 324 g/mol. The van der Waals surface area contributed by atoms with Crippen LogP contribution in [0.4, 0.5) is 0 Å². The standard InChI is InChI=1S/C16H25BrN2/c1-13(10-18-16(2,3)4)11-19(5)12-14-8-6-7-9-15(14)17/h6-9,18H,1,10-12H2,2-5H3. The Balaban J connectivity index is 2.41. The number of nitrogens with zero attached hydrogens (tertiary/aromatic N) is 1. The van der Waals surface area contributed by atoms with E-state index >= 15 is 0 Å². The highest BCUT2D eigenvalue weighted by atomic mass is 79.9. The van der Waals surface area contributed by atoms with Crippen LogP contribution in [0.2, 0.25) is 0 Å². The molecule has 0 heterocycles. The lowest BCUT2D eigenvalue weighted by atomic mass is 10.1. The first-order chi connectivity index (χ1) is 8.78. The average molecular weight is 325 g/mol. The van der Waals surface area contributed by atoms with E-state index in [2.05, 4.69) is 78.7 Å². The van der Waals surface area contributed by atoms with Crippen LogP contribution < -0.4 is 5.32 Å². The van der Waals surface area contributed by atoms with Crippen LogP contribution >= 0.6 is 15.9 Å². The van der Waals surface area contributed by atoms with Crippen molar-refractivity contribution < 1.29 is 0 Å². The second kappa shape index (κ2) is 7.22. The molecule has 0 aliphatic carbocycles. The Morgan fingerprint density at radius 2 is 1.95 bits per heavy atom. The van der Waals surface area contributed by atoms with Gasteiger partial charge in [-0.15, -0.1) is 0 Å². The van der Waals surface area contributed by atoms with E-state index in [4.69, 9.17) is 0 Å². The summed E-state index contributed by atoms with van der Waals surface area (Å²) in [4.78, 5) is 2.28. The fourth-order valence-corrected chi connectivity index (χ4v) is 2.21. The maximum Gasteiger partial charge on any atom is 0.0245 e. The van der Waals surface area contributed by atoms with Gasteiger partial charge in [-0.1, -0.05) is 40.7 Å². The normalized spacial score (nSPS) is 11.9. The predicted octanol–water partition coefficient (Wildman–Crippen LogP) is 3.83. The molecule has 1 N–H and O–H groups in total. The first-order valence-corrected chi connectivity index (χ1v) is 7.41. The molecule has 0 amide bonds. The summed E-state index contributed by atoms with van der Waals surface area (Å²) in [5.74, 6) is 0. The zero-order valence-electron chi connectivity index (χ0n) is 12.5. The van der Waals surface area contributed by atoms with Crippen LogP contribution in [0.3, 0.4) is 0 Å². The molecule has 0 spiro atoms. The van der Waals surface area contributed by atoms with Gasteiger partial charge in [0, 0.05) is 29.6 Å². The highest BCUT2D eigenvalue weighted by molar-refractivity contribution is 9.10. The molecule has 1 aromatic rings. The van der Waals surface area contributed by atoms with E-state index in [0.29, 0.717) is 0 Å². The molecule has 19 heavy (non-hydrogen) atoms. The minimum absolute atomic E-state index is 0.143. The number of hydrogen-bond donors (Lipinski definition) is 1. The average Bonchev–Trinajstić information content (AvgIpc) is 2.29. The number of hydrogen-bond acceptors (Lipinski definition) is 2. The van der Waals surface area contributed by atoms with Crippen molar-refractivity contribution in [1.29, 1.82) is 0 Å². The van der Waals surface area contributed by atoms with Crippen molar-refractivity contribution in [3.63, 3.8) is 0 Å². The maximum absolute atomic E-state index is 4.15. The van der Waals surface area contributed by atoms with Crippen LogP contribution in [-0.4, -0.2) is 30.6 Å².